The van der Waals surface area contributed by atoms with Gasteiger partial charge in [-0.25, -0.2) is 23.3 Å². The summed E-state index contributed by atoms with van der Waals surface area (Å²) in [5, 5.41) is 15.6. The molecule has 1 amide bonds. The highest BCUT2D eigenvalue weighted by Gasteiger charge is 2.24. The molecule has 0 saturated heterocycles. The van der Waals surface area contributed by atoms with Gasteiger partial charge in [0.1, 0.15) is 5.02 Å². The first-order valence-corrected chi connectivity index (χ1v) is 12.7. The van der Waals surface area contributed by atoms with Crippen LogP contribution in [0.4, 0.5) is 27.9 Å². The number of fused-ring (bicyclic) bond motifs is 1. The molecule has 0 spiro atoms. The van der Waals surface area contributed by atoms with E-state index in [4.69, 9.17) is 16.7 Å². The van der Waals surface area contributed by atoms with Crippen molar-refractivity contribution in [3.05, 3.63) is 65.4 Å². The molecule has 1 aliphatic rings. The molecule has 2 aromatic carbocycles. The fourth-order valence-electron chi connectivity index (χ4n) is 3.63. The first kappa shape index (κ1) is 23.1. The number of aromatic nitrogens is 3. The topological polar surface area (TPSA) is 144 Å². The number of nitrogens with one attached hydrogen (secondary N) is 3. The number of rotatable bonds is 6. The third-order valence-electron chi connectivity index (χ3n) is 5.57. The number of nitrogens with two attached hydrogens (primary N) is 1. The highest BCUT2D eigenvalue weighted by molar-refractivity contribution is 7.89. The molecule has 0 unspecified atom stereocenters. The van der Waals surface area contributed by atoms with E-state index >= 15 is 0 Å². The lowest BCUT2D eigenvalue weighted by Gasteiger charge is -2.12. The molecular formula is C23H22ClN7O3S. The van der Waals surface area contributed by atoms with Crippen molar-refractivity contribution in [1.29, 1.82) is 0 Å². The largest absolute Gasteiger partial charge is 0.339 e. The smallest absolute Gasteiger partial charge is 0.326 e. The summed E-state index contributed by atoms with van der Waals surface area (Å²) < 4.78 is 25.2. The molecule has 5 rings (SSSR count). The van der Waals surface area contributed by atoms with Crippen LogP contribution in [0.1, 0.15) is 18.4 Å². The van der Waals surface area contributed by atoms with Gasteiger partial charge in [-0.1, -0.05) is 17.7 Å². The van der Waals surface area contributed by atoms with E-state index in [-0.39, 0.29) is 22.9 Å². The summed E-state index contributed by atoms with van der Waals surface area (Å²) >= 11 is 6.31. The Bertz CT molecular complexity index is 1560. The van der Waals surface area contributed by atoms with E-state index in [0.717, 1.165) is 29.4 Å². The van der Waals surface area contributed by atoms with Crippen LogP contribution < -0.4 is 21.1 Å². The Morgan fingerprint density at radius 3 is 2.60 bits per heavy atom. The van der Waals surface area contributed by atoms with Crippen LogP contribution in [0.15, 0.2) is 59.8 Å². The Morgan fingerprint density at radius 1 is 1.11 bits per heavy atom. The van der Waals surface area contributed by atoms with Crippen molar-refractivity contribution in [2.24, 2.45) is 5.14 Å². The van der Waals surface area contributed by atoms with E-state index in [2.05, 4.69) is 25.9 Å². The van der Waals surface area contributed by atoms with Gasteiger partial charge in [-0.15, -0.1) is 0 Å². The number of hydrogen-bond acceptors (Lipinski definition) is 7. The van der Waals surface area contributed by atoms with Crippen molar-refractivity contribution >= 4 is 61.7 Å². The lowest BCUT2D eigenvalue weighted by Crippen LogP contribution is -2.29. The maximum absolute atomic E-state index is 12.4. The molecule has 1 fully saturated rings. The maximum atomic E-state index is 12.4. The minimum Gasteiger partial charge on any atom is -0.339 e. The number of carbonyl (C=O) groups is 1. The Labute approximate surface area is 206 Å². The van der Waals surface area contributed by atoms with Gasteiger partial charge in [0.25, 0.3) is 0 Å². The number of sulfonamides is 1. The molecule has 12 heteroatoms. The molecule has 10 nitrogen and oxygen atoms in total. The highest BCUT2D eigenvalue weighted by atomic mass is 35.5. The van der Waals surface area contributed by atoms with E-state index in [1.54, 1.807) is 29.8 Å². The summed E-state index contributed by atoms with van der Waals surface area (Å²) in [5.74, 6) is 0.568. The van der Waals surface area contributed by atoms with Crippen molar-refractivity contribution in [3.63, 3.8) is 0 Å². The summed E-state index contributed by atoms with van der Waals surface area (Å²) in [6, 6.07) is 12.3. The van der Waals surface area contributed by atoms with Crippen LogP contribution in [-0.4, -0.2) is 35.0 Å². The Morgan fingerprint density at radius 2 is 1.86 bits per heavy atom. The number of nitrogens with zero attached hydrogens (tertiary/aromatic N) is 3. The summed E-state index contributed by atoms with van der Waals surface area (Å²) in [6.07, 6.45) is 5.22. The molecule has 2 heterocycles. The van der Waals surface area contributed by atoms with E-state index in [9.17, 15) is 13.2 Å². The molecule has 0 bridgehead atoms. The highest BCUT2D eigenvalue weighted by Crippen LogP contribution is 2.28. The molecule has 0 atom stereocenters. The zero-order chi connectivity index (χ0) is 24.7. The molecule has 0 aliphatic heterocycles. The summed E-state index contributed by atoms with van der Waals surface area (Å²) in [5.41, 5.74) is 2.50. The normalized spacial score (nSPS) is 13.6. The van der Waals surface area contributed by atoms with Crippen LogP contribution in [0.25, 0.3) is 10.9 Å². The van der Waals surface area contributed by atoms with Crippen molar-refractivity contribution in [3.8, 4) is 0 Å². The third kappa shape index (κ3) is 5.06. The standard InChI is InChI=1S/C23H22ClN7O3S/c1-13-2-3-17(11-20(13)35(25,33)34)28-22-26-12-18(24)21(30-22)27-16-6-7-19-14(10-16)8-9-31(19)23(32)29-15-4-5-15/h2-3,6-12,15H,4-5H2,1H3,(H,29,32)(H2,25,33,34)(H2,26,27,28,30). The molecular weight excluding hydrogens is 490 g/mol. The van der Waals surface area contributed by atoms with E-state index in [1.807, 2.05) is 24.3 Å². The van der Waals surface area contributed by atoms with E-state index in [1.165, 1.54) is 12.3 Å². The fourth-order valence-corrected chi connectivity index (χ4v) is 4.58. The van der Waals surface area contributed by atoms with Gasteiger partial charge in [0.2, 0.25) is 16.0 Å². The molecule has 4 aromatic rings. The summed E-state index contributed by atoms with van der Waals surface area (Å²) in [4.78, 5) is 21.0. The quantitative estimate of drug-likeness (QED) is 0.303. The molecule has 1 saturated carbocycles. The van der Waals surface area contributed by atoms with Gasteiger partial charge in [0, 0.05) is 29.0 Å². The van der Waals surface area contributed by atoms with Crippen LogP contribution in [0.3, 0.4) is 0 Å². The number of benzene rings is 2. The van der Waals surface area contributed by atoms with Gasteiger partial charge in [0.05, 0.1) is 16.6 Å². The minimum absolute atomic E-state index is 0.0147. The molecule has 5 N–H and O–H groups in total. The summed E-state index contributed by atoms with van der Waals surface area (Å²) in [7, 11) is -3.87. The number of anilines is 4. The number of primary sulfonamides is 1. The van der Waals surface area contributed by atoms with Crippen molar-refractivity contribution in [1.82, 2.24) is 19.9 Å². The minimum atomic E-state index is -3.87. The molecule has 35 heavy (non-hydrogen) atoms. The van der Waals surface area contributed by atoms with Gasteiger partial charge >= 0.3 is 6.03 Å². The first-order valence-electron chi connectivity index (χ1n) is 10.8. The van der Waals surface area contributed by atoms with Gasteiger partial charge in [-0.05, 0) is 61.7 Å². The lowest BCUT2D eigenvalue weighted by molar-refractivity contribution is 0.243. The summed E-state index contributed by atoms with van der Waals surface area (Å²) in [6.45, 7) is 1.66. The van der Waals surface area contributed by atoms with E-state index < -0.39 is 10.0 Å². The first-order chi connectivity index (χ1) is 16.7. The monoisotopic (exact) mass is 511 g/mol. The van der Waals surface area contributed by atoms with Crippen molar-refractivity contribution in [2.75, 3.05) is 10.6 Å². The number of carbonyl (C=O) groups excluding carboxylic acids is 1. The second-order valence-electron chi connectivity index (χ2n) is 8.35. The average molecular weight is 512 g/mol. The van der Waals surface area contributed by atoms with Gasteiger partial charge in [-0.3, -0.25) is 4.57 Å². The van der Waals surface area contributed by atoms with Crippen molar-refractivity contribution < 1.29 is 13.2 Å². The number of halogens is 1. The second kappa shape index (κ2) is 8.84. The zero-order valence-electron chi connectivity index (χ0n) is 18.6. The fraction of sp³-hybridized carbons (Fsp3) is 0.174. The average Bonchev–Trinajstić information content (AvgIpc) is 3.51. The van der Waals surface area contributed by atoms with Crippen LogP contribution in [0, 0.1) is 6.92 Å². The van der Waals surface area contributed by atoms with Gasteiger partial charge in [-0.2, -0.15) is 4.98 Å². The predicted molar refractivity (Wildman–Crippen MR) is 135 cm³/mol. The van der Waals surface area contributed by atoms with Crippen LogP contribution in [-0.2, 0) is 10.0 Å². The lowest BCUT2D eigenvalue weighted by atomic mass is 10.2. The van der Waals surface area contributed by atoms with Crippen LogP contribution in [0.2, 0.25) is 5.02 Å². The molecule has 180 valence electrons. The van der Waals surface area contributed by atoms with E-state index in [0.29, 0.717) is 22.1 Å². The molecule has 1 aliphatic carbocycles. The Balaban J connectivity index is 1.37. The number of amides is 1. The third-order valence-corrected chi connectivity index (χ3v) is 6.90. The zero-order valence-corrected chi connectivity index (χ0v) is 20.2. The maximum Gasteiger partial charge on any atom is 0.326 e. The van der Waals surface area contributed by atoms with Crippen LogP contribution in [0.5, 0.6) is 0 Å². The van der Waals surface area contributed by atoms with Gasteiger partial charge in [0.15, 0.2) is 5.82 Å². The SMILES string of the molecule is Cc1ccc(Nc2ncc(Cl)c(Nc3ccc4c(ccn4C(=O)NC4CC4)c3)n2)cc1S(N)(=O)=O. The van der Waals surface area contributed by atoms with Gasteiger partial charge < -0.3 is 16.0 Å². The molecule has 0 radical (unpaired) electrons. The Kier molecular flexibility index (Phi) is 5.83. The second-order valence-corrected chi connectivity index (χ2v) is 10.3. The molecule has 2 aromatic heterocycles. The van der Waals surface area contributed by atoms with Crippen molar-refractivity contribution in [2.45, 2.75) is 30.7 Å². The predicted octanol–water partition coefficient (Wildman–Crippen LogP) is 4.25. The number of aryl methyl sites for hydroxylation is 1. The van der Waals surface area contributed by atoms with Crippen LogP contribution >= 0.6 is 11.6 Å². The Hall–Kier alpha value is -3.67. The number of hydrogen-bond donors (Lipinski definition) is 4.